The Morgan fingerprint density at radius 2 is 1.52 bits per heavy atom. The average molecular weight is 326 g/mol. The van der Waals surface area contributed by atoms with Crippen LogP contribution in [0.4, 0.5) is 0 Å². The van der Waals surface area contributed by atoms with Crippen molar-refractivity contribution in [3.05, 3.63) is 0 Å². The summed E-state index contributed by atoms with van der Waals surface area (Å²) in [5, 5.41) is 9.08. The Bertz CT molecular complexity index is 385. The number of carbonyl (C=O) groups is 2. The standard InChI is InChI=1S/C18H30O5/c19-15-23-18(11-12-18)8-4-2-6-14-22-13-5-1-3-7-17(9-10-17)16(20)21/h15H,1-14H2,(H,20,21). The highest BCUT2D eigenvalue weighted by Crippen LogP contribution is 2.50. The van der Waals surface area contributed by atoms with Crippen LogP contribution >= 0.6 is 0 Å². The van der Waals surface area contributed by atoms with Gasteiger partial charge < -0.3 is 14.6 Å². The molecule has 2 aliphatic rings. The van der Waals surface area contributed by atoms with Gasteiger partial charge in [-0.15, -0.1) is 0 Å². The van der Waals surface area contributed by atoms with Gasteiger partial charge in [0, 0.05) is 13.2 Å². The summed E-state index contributed by atoms with van der Waals surface area (Å²) in [6.45, 7) is 2.15. The van der Waals surface area contributed by atoms with E-state index in [-0.39, 0.29) is 11.0 Å². The number of hydrogen-bond acceptors (Lipinski definition) is 4. The summed E-state index contributed by atoms with van der Waals surface area (Å²) < 4.78 is 10.7. The van der Waals surface area contributed by atoms with E-state index in [1.807, 2.05) is 0 Å². The molecule has 5 nitrogen and oxygen atoms in total. The van der Waals surface area contributed by atoms with Crippen molar-refractivity contribution in [3.63, 3.8) is 0 Å². The first kappa shape index (κ1) is 18.2. The Labute approximate surface area is 138 Å². The Morgan fingerprint density at radius 3 is 2.00 bits per heavy atom. The van der Waals surface area contributed by atoms with Gasteiger partial charge in [-0.1, -0.05) is 19.3 Å². The zero-order chi connectivity index (χ0) is 16.6. The molecule has 0 atom stereocenters. The quantitative estimate of drug-likeness (QED) is 0.367. The second kappa shape index (κ2) is 8.67. The first-order valence-corrected chi connectivity index (χ1v) is 9.05. The Balaban J connectivity index is 1.32. The summed E-state index contributed by atoms with van der Waals surface area (Å²) in [7, 11) is 0. The highest BCUT2D eigenvalue weighted by atomic mass is 16.5. The van der Waals surface area contributed by atoms with E-state index in [4.69, 9.17) is 14.6 Å². The van der Waals surface area contributed by atoms with E-state index in [0.717, 1.165) is 90.3 Å². The van der Waals surface area contributed by atoms with Crippen LogP contribution in [0.15, 0.2) is 0 Å². The van der Waals surface area contributed by atoms with E-state index >= 15 is 0 Å². The minimum atomic E-state index is -0.611. The number of rotatable bonds is 15. The van der Waals surface area contributed by atoms with E-state index in [0.29, 0.717) is 6.47 Å². The minimum Gasteiger partial charge on any atom is -0.481 e. The van der Waals surface area contributed by atoms with E-state index in [9.17, 15) is 9.59 Å². The van der Waals surface area contributed by atoms with Crippen molar-refractivity contribution in [1.29, 1.82) is 0 Å². The summed E-state index contributed by atoms with van der Waals surface area (Å²) in [5.41, 5.74) is -0.481. The van der Waals surface area contributed by atoms with Crippen molar-refractivity contribution in [1.82, 2.24) is 0 Å². The molecule has 0 amide bonds. The monoisotopic (exact) mass is 326 g/mol. The van der Waals surface area contributed by atoms with Gasteiger partial charge in [0.25, 0.3) is 6.47 Å². The van der Waals surface area contributed by atoms with Gasteiger partial charge in [0.15, 0.2) is 0 Å². The van der Waals surface area contributed by atoms with E-state index in [2.05, 4.69) is 0 Å². The van der Waals surface area contributed by atoms with Crippen molar-refractivity contribution in [3.8, 4) is 0 Å². The fourth-order valence-corrected chi connectivity index (χ4v) is 3.16. The minimum absolute atomic E-state index is 0.114. The molecule has 0 aromatic carbocycles. The van der Waals surface area contributed by atoms with Gasteiger partial charge in [-0.3, -0.25) is 9.59 Å². The SMILES string of the molecule is O=COC1(CCCCCOCCCCCC2(C(=O)O)CC2)CC1. The van der Waals surface area contributed by atoms with E-state index in [1.165, 1.54) is 0 Å². The predicted octanol–water partition coefficient (Wildman–Crippen LogP) is 3.69. The van der Waals surface area contributed by atoms with Crippen LogP contribution in [-0.4, -0.2) is 36.4 Å². The fourth-order valence-electron chi connectivity index (χ4n) is 3.16. The molecule has 2 rings (SSSR count). The van der Waals surface area contributed by atoms with Gasteiger partial charge >= 0.3 is 5.97 Å². The lowest BCUT2D eigenvalue weighted by Crippen LogP contribution is -2.14. The van der Waals surface area contributed by atoms with Crippen molar-refractivity contribution in [2.45, 2.75) is 82.7 Å². The molecule has 132 valence electrons. The largest absolute Gasteiger partial charge is 0.481 e. The van der Waals surface area contributed by atoms with Gasteiger partial charge in [-0.05, 0) is 57.8 Å². The third-order valence-corrected chi connectivity index (χ3v) is 5.28. The highest BCUT2D eigenvalue weighted by Gasteiger charge is 2.49. The number of carboxylic acids is 1. The van der Waals surface area contributed by atoms with Gasteiger partial charge in [0.05, 0.1) is 5.41 Å². The van der Waals surface area contributed by atoms with Crippen LogP contribution in [0.1, 0.15) is 77.0 Å². The normalized spacial score (nSPS) is 20.0. The first-order chi connectivity index (χ1) is 11.1. The Morgan fingerprint density at radius 1 is 0.913 bits per heavy atom. The Kier molecular flexibility index (Phi) is 6.88. The van der Waals surface area contributed by atoms with Crippen LogP contribution in [0, 0.1) is 5.41 Å². The molecule has 2 fully saturated rings. The molecule has 2 saturated carbocycles. The summed E-state index contributed by atoms with van der Waals surface area (Å²) in [4.78, 5) is 21.4. The molecule has 0 aromatic heterocycles. The van der Waals surface area contributed by atoms with E-state index in [1.54, 1.807) is 0 Å². The van der Waals surface area contributed by atoms with Gasteiger partial charge in [0.1, 0.15) is 5.60 Å². The molecule has 5 heteroatoms. The lowest BCUT2D eigenvalue weighted by Gasteiger charge is -2.12. The molecular formula is C18H30O5. The molecule has 2 aliphatic carbocycles. The van der Waals surface area contributed by atoms with Gasteiger partial charge in [-0.25, -0.2) is 0 Å². The molecule has 0 unspecified atom stereocenters. The number of carbonyl (C=O) groups excluding carboxylic acids is 1. The van der Waals surface area contributed by atoms with Crippen molar-refractivity contribution in [2.24, 2.45) is 5.41 Å². The summed E-state index contributed by atoms with van der Waals surface area (Å²) in [6.07, 6.45) is 11.9. The maximum atomic E-state index is 11.0. The summed E-state index contributed by atoms with van der Waals surface area (Å²) in [6, 6.07) is 0. The van der Waals surface area contributed by atoms with Crippen molar-refractivity contribution >= 4 is 12.4 Å². The molecule has 0 bridgehead atoms. The average Bonchev–Trinajstić information content (AvgIpc) is 3.42. The lowest BCUT2D eigenvalue weighted by molar-refractivity contribution is -0.143. The van der Waals surface area contributed by atoms with Gasteiger partial charge in [-0.2, -0.15) is 0 Å². The fraction of sp³-hybridized carbons (Fsp3) is 0.889. The summed E-state index contributed by atoms with van der Waals surface area (Å²) in [5.74, 6) is -0.611. The molecule has 23 heavy (non-hydrogen) atoms. The second-order valence-electron chi connectivity index (χ2n) is 7.22. The zero-order valence-electron chi connectivity index (χ0n) is 14.1. The van der Waals surface area contributed by atoms with Crippen LogP contribution in [0.5, 0.6) is 0 Å². The topological polar surface area (TPSA) is 72.8 Å². The maximum Gasteiger partial charge on any atom is 0.309 e. The molecule has 0 radical (unpaired) electrons. The maximum absolute atomic E-state index is 11.0. The number of unbranched alkanes of at least 4 members (excludes halogenated alkanes) is 4. The third kappa shape index (κ3) is 6.13. The number of hydrogen-bond donors (Lipinski definition) is 1. The summed E-state index contributed by atoms with van der Waals surface area (Å²) >= 11 is 0. The van der Waals surface area contributed by atoms with Crippen LogP contribution in [0.25, 0.3) is 0 Å². The highest BCUT2D eigenvalue weighted by molar-refractivity contribution is 5.77. The predicted molar refractivity (Wildman–Crippen MR) is 86.2 cm³/mol. The smallest absolute Gasteiger partial charge is 0.309 e. The third-order valence-electron chi connectivity index (χ3n) is 5.28. The number of aliphatic carboxylic acids is 1. The first-order valence-electron chi connectivity index (χ1n) is 9.05. The number of ether oxygens (including phenoxy) is 2. The molecule has 0 spiro atoms. The molecular weight excluding hydrogens is 296 g/mol. The van der Waals surface area contributed by atoms with Crippen LogP contribution in [0.2, 0.25) is 0 Å². The second-order valence-corrected chi connectivity index (χ2v) is 7.22. The zero-order valence-corrected chi connectivity index (χ0v) is 14.1. The number of carboxylic acid groups (broad SMARTS) is 1. The van der Waals surface area contributed by atoms with Crippen molar-refractivity contribution in [2.75, 3.05) is 13.2 Å². The Hall–Kier alpha value is -1.10. The molecule has 0 aromatic rings. The van der Waals surface area contributed by atoms with Crippen LogP contribution in [-0.2, 0) is 19.1 Å². The van der Waals surface area contributed by atoms with Crippen molar-refractivity contribution < 1.29 is 24.2 Å². The lowest BCUT2D eigenvalue weighted by atomic mass is 9.99. The van der Waals surface area contributed by atoms with Gasteiger partial charge in [0.2, 0.25) is 0 Å². The molecule has 0 aliphatic heterocycles. The van der Waals surface area contributed by atoms with Crippen LogP contribution < -0.4 is 0 Å². The molecule has 0 saturated heterocycles. The molecule has 0 heterocycles. The molecule has 1 N–H and O–H groups in total. The van der Waals surface area contributed by atoms with E-state index < -0.39 is 5.97 Å². The van der Waals surface area contributed by atoms with Crippen LogP contribution in [0.3, 0.4) is 0 Å².